The van der Waals surface area contributed by atoms with Crippen LogP contribution in [0.1, 0.15) is 41.0 Å². The second kappa shape index (κ2) is 6.52. The number of rotatable bonds is 5. The molecule has 106 valence electrons. The average Bonchev–Trinajstić information content (AvgIpc) is 2.95. The maximum Gasteiger partial charge on any atom is 0.254 e. The number of thiophene rings is 1. The van der Waals surface area contributed by atoms with Gasteiger partial charge in [-0.1, -0.05) is 19.4 Å². The highest BCUT2D eigenvalue weighted by molar-refractivity contribution is 7.10. The molecule has 0 radical (unpaired) electrons. The Hall–Kier alpha value is -1.88. The maximum absolute atomic E-state index is 13.7. The highest BCUT2D eigenvalue weighted by atomic mass is 32.1. The van der Waals surface area contributed by atoms with Crippen molar-refractivity contribution in [3.63, 3.8) is 0 Å². The van der Waals surface area contributed by atoms with Crippen molar-refractivity contribution in [3.05, 3.63) is 52.0 Å². The van der Waals surface area contributed by atoms with Crippen LogP contribution in [0.3, 0.4) is 0 Å². The van der Waals surface area contributed by atoms with E-state index < -0.39 is 11.7 Å². The summed E-state index contributed by atoms with van der Waals surface area (Å²) in [5.74, 6) is -0.986. The van der Waals surface area contributed by atoms with Crippen LogP contribution in [0.25, 0.3) is 0 Å². The Bertz CT molecular complexity index is 584. The second-order valence-corrected chi connectivity index (χ2v) is 5.55. The van der Waals surface area contributed by atoms with Crippen molar-refractivity contribution in [1.82, 2.24) is 5.32 Å². The molecule has 1 amide bonds. The van der Waals surface area contributed by atoms with Crippen LogP contribution in [0, 0.1) is 5.82 Å². The highest BCUT2D eigenvalue weighted by Crippen LogP contribution is 2.24. The monoisotopic (exact) mass is 292 g/mol. The number of benzene rings is 1. The van der Waals surface area contributed by atoms with Gasteiger partial charge in [-0.05, 0) is 36.1 Å². The fourth-order valence-corrected chi connectivity index (χ4v) is 2.83. The Kier molecular flexibility index (Phi) is 4.74. The number of hydrogen-bond donors (Lipinski definition) is 2. The summed E-state index contributed by atoms with van der Waals surface area (Å²) >= 11 is 1.58. The SMILES string of the molecule is CCCC(NC(=O)c1cc(N)ccc1F)c1cccs1. The summed E-state index contributed by atoms with van der Waals surface area (Å²) in [7, 11) is 0. The number of nitrogens with one attached hydrogen (secondary N) is 1. The number of nitrogen functional groups attached to an aromatic ring is 1. The minimum atomic E-state index is -0.557. The van der Waals surface area contributed by atoms with E-state index in [1.807, 2.05) is 24.4 Å². The lowest BCUT2D eigenvalue weighted by Crippen LogP contribution is -2.28. The molecule has 0 aliphatic heterocycles. The summed E-state index contributed by atoms with van der Waals surface area (Å²) in [4.78, 5) is 13.3. The molecule has 0 bridgehead atoms. The predicted octanol–water partition coefficient (Wildman–Crippen LogP) is 3.74. The zero-order valence-corrected chi connectivity index (χ0v) is 12.0. The minimum absolute atomic E-state index is 0.0114. The van der Waals surface area contributed by atoms with E-state index in [1.165, 1.54) is 18.2 Å². The van der Waals surface area contributed by atoms with Crippen LogP contribution in [0.4, 0.5) is 10.1 Å². The van der Waals surface area contributed by atoms with E-state index >= 15 is 0 Å². The molecule has 3 nitrogen and oxygen atoms in total. The first-order valence-corrected chi connectivity index (χ1v) is 7.39. The van der Waals surface area contributed by atoms with Gasteiger partial charge in [0, 0.05) is 10.6 Å². The number of nitrogens with two attached hydrogens (primary N) is 1. The van der Waals surface area contributed by atoms with Crippen LogP contribution in [0.15, 0.2) is 35.7 Å². The Morgan fingerprint density at radius 3 is 2.90 bits per heavy atom. The van der Waals surface area contributed by atoms with Crippen molar-refractivity contribution in [2.75, 3.05) is 5.73 Å². The third-order valence-corrected chi connectivity index (χ3v) is 3.99. The van der Waals surface area contributed by atoms with Crippen LogP contribution in [0.5, 0.6) is 0 Å². The topological polar surface area (TPSA) is 55.1 Å². The quantitative estimate of drug-likeness (QED) is 0.825. The minimum Gasteiger partial charge on any atom is -0.399 e. The van der Waals surface area contributed by atoms with Gasteiger partial charge in [0.05, 0.1) is 11.6 Å². The fourth-order valence-electron chi connectivity index (χ4n) is 2.02. The zero-order valence-electron chi connectivity index (χ0n) is 11.2. The summed E-state index contributed by atoms with van der Waals surface area (Å²) in [6.07, 6.45) is 1.75. The fraction of sp³-hybridized carbons (Fsp3) is 0.267. The molecule has 0 aliphatic rings. The average molecular weight is 292 g/mol. The van der Waals surface area contributed by atoms with Gasteiger partial charge in [0.1, 0.15) is 5.82 Å². The maximum atomic E-state index is 13.7. The molecule has 5 heteroatoms. The Morgan fingerprint density at radius 1 is 1.45 bits per heavy atom. The van der Waals surface area contributed by atoms with Gasteiger partial charge in [0.25, 0.3) is 5.91 Å². The van der Waals surface area contributed by atoms with Gasteiger partial charge in [-0.3, -0.25) is 4.79 Å². The molecule has 0 saturated carbocycles. The first-order valence-electron chi connectivity index (χ1n) is 6.51. The highest BCUT2D eigenvalue weighted by Gasteiger charge is 2.18. The Labute approximate surface area is 121 Å². The van der Waals surface area contributed by atoms with Gasteiger partial charge >= 0.3 is 0 Å². The predicted molar refractivity (Wildman–Crippen MR) is 80.2 cm³/mol. The third kappa shape index (κ3) is 3.36. The number of anilines is 1. The Morgan fingerprint density at radius 2 is 2.25 bits per heavy atom. The first kappa shape index (κ1) is 14.5. The van der Waals surface area contributed by atoms with E-state index in [4.69, 9.17) is 5.73 Å². The van der Waals surface area contributed by atoms with Gasteiger partial charge in [0.15, 0.2) is 0 Å². The van der Waals surface area contributed by atoms with Crippen LogP contribution < -0.4 is 11.1 Å². The molecule has 2 rings (SSSR count). The molecular formula is C15H17FN2OS. The summed E-state index contributed by atoms with van der Waals surface area (Å²) in [5.41, 5.74) is 5.97. The molecule has 0 saturated heterocycles. The van der Waals surface area contributed by atoms with E-state index in [0.717, 1.165) is 17.7 Å². The third-order valence-electron chi connectivity index (χ3n) is 3.00. The molecule has 0 spiro atoms. The molecule has 1 unspecified atom stereocenters. The number of carbonyl (C=O) groups is 1. The van der Waals surface area contributed by atoms with Crippen molar-refractivity contribution in [3.8, 4) is 0 Å². The van der Waals surface area contributed by atoms with Crippen LogP contribution in [0.2, 0.25) is 0 Å². The molecule has 2 aromatic rings. The van der Waals surface area contributed by atoms with Gasteiger partial charge in [-0.2, -0.15) is 0 Å². The van der Waals surface area contributed by atoms with E-state index in [1.54, 1.807) is 11.3 Å². The van der Waals surface area contributed by atoms with Gasteiger partial charge < -0.3 is 11.1 Å². The van der Waals surface area contributed by atoms with Crippen LogP contribution in [-0.2, 0) is 0 Å². The lowest BCUT2D eigenvalue weighted by Gasteiger charge is -2.17. The number of halogens is 1. The largest absolute Gasteiger partial charge is 0.399 e. The van der Waals surface area contributed by atoms with E-state index in [9.17, 15) is 9.18 Å². The molecule has 0 aliphatic carbocycles. The molecular weight excluding hydrogens is 275 g/mol. The summed E-state index contributed by atoms with van der Waals surface area (Å²) in [5, 5.41) is 4.84. The number of amides is 1. The smallest absolute Gasteiger partial charge is 0.254 e. The van der Waals surface area contributed by atoms with E-state index in [-0.39, 0.29) is 11.6 Å². The van der Waals surface area contributed by atoms with Crippen molar-refractivity contribution in [2.24, 2.45) is 0 Å². The standard InChI is InChI=1S/C15H17FN2OS/c1-2-4-13(14-5-3-8-20-14)18-15(19)11-9-10(17)6-7-12(11)16/h3,5-9,13H,2,4,17H2,1H3,(H,18,19). The molecule has 1 aromatic heterocycles. The lowest BCUT2D eigenvalue weighted by atomic mass is 10.1. The lowest BCUT2D eigenvalue weighted by molar-refractivity contribution is 0.0931. The number of hydrogen-bond acceptors (Lipinski definition) is 3. The van der Waals surface area contributed by atoms with Crippen molar-refractivity contribution < 1.29 is 9.18 Å². The van der Waals surface area contributed by atoms with Crippen molar-refractivity contribution >= 4 is 22.9 Å². The van der Waals surface area contributed by atoms with Gasteiger partial charge in [-0.25, -0.2) is 4.39 Å². The summed E-state index contributed by atoms with van der Waals surface area (Å²) in [6.45, 7) is 2.05. The summed E-state index contributed by atoms with van der Waals surface area (Å²) < 4.78 is 13.7. The van der Waals surface area contributed by atoms with Crippen molar-refractivity contribution in [1.29, 1.82) is 0 Å². The van der Waals surface area contributed by atoms with Crippen LogP contribution in [-0.4, -0.2) is 5.91 Å². The second-order valence-electron chi connectivity index (χ2n) is 4.57. The summed E-state index contributed by atoms with van der Waals surface area (Å²) in [6, 6.07) is 7.84. The first-order chi connectivity index (χ1) is 9.61. The van der Waals surface area contributed by atoms with E-state index in [2.05, 4.69) is 5.32 Å². The molecule has 20 heavy (non-hydrogen) atoms. The molecule has 1 aromatic carbocycles. The zero-order chi connectivity index (χ0) is 14.5. The normalized spacial score (nSPS) is 12.1. The molecule has 0 fully saturated rings. The molecule has 3 N–H and O–H groups in total. The van der Waals surface area contributed by atoms with Gasteiger partial charge in [-0.15, -0.1) is 11.3 Å². The molecule has 1 heterocycles. The molecule has 1 atom stereocenters. The van der Waals surface area contributed by atoms with Gasteiger partial charge in [0.2, 0.25) is 0 Å². The van der Waals surface area contributed by atoms with Crippen molar-refractivity contribution in [2.45, 2.75) is 25.8 Å². The van der Waals surface area contributed by atoms with E-state index in [0.29, 0.717) is 5.69 Å². The Balaban J connectivity index is 2.18. The van der Waals surface area contributed by atoms with Crippen LogP contribution >= 0.6 is 11.3 Å². The number of carbonyl (C=O) groups excluding carboxylic acids is 1.